The van der Waals surface area contributed by atoms with E-state index in [1.807, 2.05) is 37.9 Å². The maximum absolute atomic E-state index is 12.4. The molecule has 0 radical (unpaired) electrons. The molecule has 5 heteroatoms. The van der Waals surface area contributed by atoms with Crippen LogP contribution in [0.5, 0.6) is 5.75 Å². The van der Waals surface area contributed by atoms with E-state index in [9.17, 15) is 4.79 Å². The number of likely N-dealkylation sites (tertiary alicyclic amines) is 1. The van der Waals surface area contributed by atoms with Crippen LogP contribution in [0.1, 0.15) is 51.2 Å². The lowest BCUT2D eigenvalue weighted by atomic mass is 9.82. The van der Waals surface area contributed by atoms with Crippen molar-refractivity contribution in [2.75, 3.05) is 13.1 Å². The van der Waals surface area contributed by atoms with Gasteiger partial charge in [-0.25, -0.2) is 4.79 Å². The van der Waals surface area contributed by atoms with E-state index < -0.39 is 5.60 Å². The number of pyridine rings is 1. The highest BCUT2D eigenvalue weighted by Gasteiger charge is 2.41. The highest BCUT2D eigenvalue weighted by Crippen LogP contribution is 2.41. The number of benzene rings is 2. The number of rotatable bonds is 1. The maximum atomic E-state index is 12.4. The van der Waals surface area contributed by atoms with Crippen LogP contribution in [-0.4, -0.2) is 40.3 Å². The summed E-state index contributed by atoms with van der Waals surface area (Å²) in [6, 6.07) is 15.1. The predicted molar refractivity (Wildman–Crippen MR) is 131 cm³/mol. The van der Waals surface area contributed by atoms with Crippen LogP contribution in [0.2, 0.25) is 0 Å². The first-order valence-corrected chi connectivity index (χ1v) is 11.9. The van der Waals surface area contributed by atoms with E-state index in [1.165, 1.54) is 22.3 Å². The number of carbonyl (C=O) groups is 1. The number of hydrogen-bond donors (Lipinski definition) is 0. The second-order valence-electron chi connectivity index (χ2n) is 10.4. The zero-order chi connectivity index (χ0) is 23.2. The maximum Gasteiger partial charge on any atom is 0.410 e. The predicted octanol–water partition coefficient (Wildman–Crippen LogP) is 6.30. The summed E-state index contributed by atoms with van der Waals surface area (Å²) >= 11 is 0. The quantitative estimate of drug-likeness (QED) is 0.442. The largest absolute Gasteiger partial charge is 0.487 e. The molecule has 1 fully saturated rings. The number of aryl methyl sites for hydroxylation is 2. The summed E-state index contributed by atoms with van der Waals surface area (Å²) in [6.07, 6.45) is 5.27. The third kappa shape index (κ3) is 4.41. The van der Waals surface area contributed by atoms with Crippen molar-refractivity contribution in [2.45, 2.75) is 64.6 Å². The summed E-state index contributed by atoms with van der Waals surface area (Å²) in [6.45, 7) is 9.18. The van der Waals surface area contributed by atoms with Gasteiger partial charge < -0.3 is 14.4 Å². The van der Waals surface area contributed by atoms with Gasteiger partial charge in [0.15, 0.2) is 0 Å². The Morgan fingerprint density at radius 2 is 1.85 bits per heavy atom. The number of aromatic nitrogens is 1. The van der Waals surface area contributed by atoms with E-state index in [2.05, 4.69) is 48.3 Å². The second kappa shape index (κ2) is 8.05. The van der Waals surface area contributed by atoms with Crippen molar-refractivity contribution in [2.24, 2.45) is 0 Å². The van der Waals surface area contributed by atoms with Crippen LogP contribution in [0.25, 0.3) is 22.0 Å². The van der Waals surface area contributed by atoms with Gasteiger partial charge in [0.05, 0.1) is 5.52 Å². The van der Waals surface area contributed by atoms with Crippen LogP contribution in [-0.2, 0) is 11.2 Å². The van der Waals surface area contributed by atoms with Crippen LogP contribution >= 0.6 is 0 Å². The average molecular weight is 445 g/mol. The number of amides is 1. The van der Waals surface area contributed by atoms with Crippen molar-refractivity contribution in [3.05, 3.63) is 59.8 Å². The molecule has 0 N–H and O–H groups in total. The van der Waals surface area contributed by atoms with Gasteiger partial charge >= 0.3 is 6.09 Å². The Balaban J connectivity index is 1.31. The Morgan fingerprint density at radius 3 is 2.61 bits per heavy atom. The van der Waals surface area contributed by atoms with Crippen LogP contribution in [0, 0.1) is 6.92 Å². The topological polar surface area (TPSA) is 51.7 Å². The standard InChI is InChI=1S/C28H32N2O3/c1-19-16-23(18-22-6-5-13-29-25(19)22)20-7-8-24-21(17-20)9-10-28(32-24)11-14-30(15-12-28)26(31)33-27(2,3)4/h5-8,13,16-18H,9-12,14-15H2,1-4H3. The molecule has 3 heterocycles. The number of hydrogen-bond acceptors (Lipinski definition) is 4. The first-order valence-electron chi connectivity index (χ1n) is 11.9. The lowest BCUT2D eigenvalue weighted by Crippen LogP contribution is -2.52. The Morgan fingerprint density at radius 1 is 1.06 bits per heavy atom. The van der Waals surface area contributed by atoms with Gasteiger partial charge in [-0.05, 0) is 93.1 Å². The smallest absolute Gasteiger partial charge is 0.410 e. The summed E-state index contributed by atoms with van der Waals surface area (Å²) in [7, 11) is 0. The summed E-state index contributed by atoms with van der Waals surface area (Å²) < 4.78 is 12.1. The Labute approximate surface area is 195 Å². The van der Waals surface area contributed by atoms with Crippen LogP contribution < -0.4 is 4.74 Å². The minimum atomic E-state index is -0.468. The molecule has 1 saturated heterocycles. The SMILES string of the molecule is Cc1cc(-c2ccc3c(c2)CCC2(CCN(C(=O)OC(C)(C)C)CC2)O3)cc2cccnc12. The monoisotopic (exact) mass is 444 g/mol. The number of ether oxygens (including phenoxy) is 2. The van der Waals surface area contributed by atoms with Gasteiger partial charge in [-0.1, -0.05) is 12.1 Å². The van der Waals surface area contributed by atoms with E-state index in [0.717, 1.165) is 42.3 Å². The highest BCUT2D eigenvalue weighted by atomic mass is 16.6. The van der Waals surface area contributed by atoms with Crippen LogP contribution in [0.4, 0.5) is 4.79 Å². The van der Waals surface area contributed by atoms with E-state index in [-0.39, 0.29) is 11.7 Å². The number of carbonyl (C=O) groups excluding carboxylic acids is 1. The number of piperidine rings is 1. The summed E-state index contributed by atoms with van der Waals surface area (Å²) in [4.78, 5) is 18.8. The molecular weight excluding hydrogens is 412 g/mol. The average Bonchev–Trinajstić information content (AvgIpc) is 2.78. The molecule has 33 heavy (non-hydrogen) atoms. The fourth-order valence-corrected chi connectivity index (χ4v) is 5.02. The molecule has 5 nitrogen and oxygen atoms in total. The second-order valence-corrected chi connectivity index (χ2v) is 10.4. The van der Waals surface area contributed by atoms with Gasteiger partial charge in [0.1, 0.15) is 17.0 Å². The van der Waals surface area contributed by atoms with Crippen LogP contribution in [0.15, 0.2) is 48.7 Å². The molecule has 0 bridgehead atoms. The zero-order valence-electron chi connectivity index (χ0n) is 20.0. The fourth-order valence-electron chi connectivity index (χ4n) is 5.02. The Kier molecular flexibility index (Phi) is 5.31. The van der Waals surface area contributed by atoms with Crippen molar-refractivity contribution in [1.82, 2.24) is 9.88 Å². The summed E-state index contributed by atoms with van der Waals surface area (Å²) in [5, 5.41) is 1.16. The first kappa shape index (κ1) is 21.7. The minimum Gasteiger partial charge on any atom is -0.487 e. The molecular formula is C28H32N2O3. The van der Waals surface area contributed by atoms with E-state index in [0.29, 0.717) is 13.1 Å². The molecule has 1 amide bonds. The van der Waals surface area contributed by atoms with Gasteiger partial charge in [0.25, 0.3) is 0 Å². The van der Waals surface area contributed by atoms with Gasteiger partial charge in [-0.3, -0.25) is 4.98 Å². The molecule has 3 aromatic rings. The lowest BCUT2D eigenvalue weighted by Gasteiger charge is -2.44. The Bertz CT molecular complexity index is 1200. The summed E-state index contributed by atoms with van der Waals surface area (Å²) in [5.74, 6) is 0.981. The fraction of sp³-hybridized carbons (Fsp3) is 0.429. The van der Waals surface area contributed by atoms with Crippen molar-refractivity contribution >= 4 is 17.0 Å². The third-order valence-corrected chi connectivity index (χ3v) is 6.79. The molecule has 1 aromatic heterocycles. The number of nitrogens with zero attached hydrogens (tertiary/aromatic N) is 2. The van der Waals surface area contributed by atoms with Crippen LogP contribution in [0.3, 0.4) is 0 Å². The molecule has 0 atom stereocenters. The van der Waals surface area contributed by atoms with Gasteiger partial charge in [0, 0.05) is 37.5 Å². The van der Waals surface area contributed by atoms with E-state index in [1.54, 1.807) is 0 Å². The molecule has 172 valence electrons. The van der Waals surface area contributed by atoms with Crippen molar-refractivity contribution in [3.63, 3.8) is 0 Å². The van der Waals surface area contributed by atoms with Gasteiger partial charge in [-0.2, -0.15) is 0 Å². The zero-order valence-corrected chi connectivity index (χ0v) is 20.0. The van der Waals surface area contributed by atoms with Crippen molar-refractivity contribution < 1.29 is 14.3 Å². The minimum absolute atomic E-state index is 0.182. The molecule has 2 aliphatic rings. The molecule has 2 aromatic carbocycles. The molecule has 2 aliphatic heterocycles. The summed E-state index contributed by atoms with van der Waals surface area (Å²) in [5.41, 5.74) is 5.28. The molecule has 0 unspecified atom stereocenters. The molecule has 0 saturated carbocycles. The molecule has 1 spiro atoms. The molecule has 5 rings (SSSR count). The van der Waals surface area contributed by atoms with E-state index >= 15 is 0 Å². The van der Waals surface area contributed by atoms with Crippen molar-refractivity contribution in [3.8, 4) is 16.9 Å². The number of fused-ring (bicyclic) bond motifs is 2. The third-order valence-electron chi connectivity index (χ3n) is 6.79. The van der Waals surface area contributed by atoms with Gasteiger partial charge in [0.2, 0.25) is 0 Å². The van der Waals surface area contributed by atoms with Gasteiger partial charge in [-0.15, -0.1) is 0 Å². The Hall–Kier alpha value is -3.08. The lowest BCUT2D eigenvalue weighted by molar-refractivity contribution is -0.0272. The molecule has 0 aliphatic carbocycles. The normalized spacial score (nSPS) is 17.5. The first-order chi connectivity index (χ1) is 15.7. The highest BCUT2D eigenvalue weighted by molar-refractivity contribution is 5.87. The van der Waals surface area contributed by atoms with Crippen molar-refractivity contribution in [1.29, 1.82) is 0 Å². The van der Waals surface area contributed by atoms with E-state index in [4.69, 9.17) is 9.47 Å².